The number of hydrogen-bond acceptors (Lipinski definition) is 2. The van der Waals surface area contributed by atoms with Gasteiger partial charge in [-0.15, -0.1) is 0 Å². The molecule has 1 aliphatic heterocycles. The summed E-state index contributed by atoms with van der Waals surface area (Å²) in [6.45, 7) is 4.16. The van der Waals surface area contributed by atoms with Crippen molar-refractivity contribution in [2.45, 2.75) is 31.7 Å². The average Bonchev–Trinajstić information content (AvgIpc) is 2.94. The van der Waals surface area contributed by atoms with Crippen LogP contribution >= 0.6 is 15.9 Å². The Bertz CT molecular complexity index is 466. The highest BCUT2D eigenvalue weighted by atomic mass is 79.9. The molecule has 0 radical (unpaired) electrons. The lowest BCUT2D eigenvalue weighted by atomic mass is 9.99. The number of carbonyl (C=O) groups is 1. The molecule has 2 atom stereocenters. The first-order chi connectivity index (χ1) is 9.60. The maximum atomic E-state index is 12.1. The Morgan fingerprint density at radius 2 is 2.40 bits per heavy atom. The molecule has 2 amide bonds. The molecule has 3 N–H and O–H groups in total. The maximum absolute atomic E-state index is 12.1. The molecule has 2 unspecified atom stereocenters. The van der Waals surface area contributed by atoms with Gasteiger partial charge < -0.3 is 16.0 Å². The number of likely N-dealkylation sites (tertiary alicyclic amines) is 1. The fraction of sp³-hybridized carbons (Fsp3) is 0.533. The van der Waals surface area contributed by atoms with Crippen molar-refractivity contribution >= 4 is 22.0 Å². The molecule has 4 nitrogen and oxygen atoms in total. The van der Waals surface area contributed by atoms with E-state index in [4.69, 9.17) is 5.73 Å². The SMILES string of the molecule is CCC(N)CNC(=O)N1CCC(c2cccc(Br)c2)C1. The molecular formula is C15H22BrN3O. The van der Waals surface area contributed by atoms with Crippen molar-refractivity contribution in [3.05, 3.63) is 34.3 Å². The Balaban J connectivity index is 1.87. The molecule has 1 saturated heterocycles. The zero-order valence-electron chi connectivity index (χ0n) is 11.8. The molecule has 1 aromatic rings. The number of hydrogen-bond donors (Lipinski definition) is 2. The van der Waals surface area contributed by atoms with Gasteiger partial charge in [-0.3, -0.25) is 0 Å². The van der Waals surface area contributed by atoms with Gasteiger partial charge in [0.25, 0.3) is 0 Å². The molecule has 2 rings (SSSR count). The van der Waals surface area contributed by atoms with E-state index < -0.39 is 0 Å². The Kier molecular flexibility index (Phi) is 5.43. The van der Waals surface area contributed by atoms with Gasteiger partial charge >= 0.3 is 6.03 Å². The second kappa shape index (κ2) is 7.09. The van der Waals surface area contributed by atoms with Crippen molar-refractivity contribution in [3.8, 4) is 0 Å². The largest absolute Gasteiger partial charge is 0.336 e. The molecule has 0 saturated carbocycles. The number of amides is 2. The number of nitrogens with one attached hydrogen (secondary N) is 1. The first-order valence-corrected chi connectivity index (χ1v) is 7.93. The average molecular weight is 340 g/mol. The van der Waals surface area contributed by atoms with E-state index in [1.165, 1.54) is 5.56 Å². The minimum Gasteiger partial charge on any atom is -0.336 e. The summed E-state index contributed by atoms with van der Waals surface area (Å²) in [6.07, 6.45) is 1.89. The molecule has 20 heavy (non-hydrogen) atoms. The van der Waals surface area contributed by atoms with Gasteiger partial charge in [0.15, 0.2) is 0 Å². The van der Waals surface area contributed by atoms with E-state index >= 15 is 0 Å². The minimum absolute atomic E-state index is 0.00592. The third kappa shape index (κ3) is 3.96. The normalized spacial score (nSPS) is 19.9. The second-order valence-corrected chi connectivity index (χ2v) is 6.26. The molecule has 5 heteroatoms. The maximum Gasteiger partial charge on any atom is 0.317 e. The Morgan fingerprint density at radius 1 is 1.60 bits per heavy atom. The van der Waals surface area contributed by atoms with Crippen LogP contribution in [0.4, 0.5) is 4.79 Å². The molecule has 1 fully saturated rings. The molecule has 0 spiro atoms. The number of nitrogens with two attached hydrogens (primary N) is 1. The van der Waals surface area contributed by atoms with Crippen molar-refractivity contribution in [2.75, 3.05) is 19.6 Å². The van der Waals surface area contributed by atoms with Crippen LogP contribution in [0.1, 0.15) is 31.2 Å². The molecule has 1 aliphatic rings. The first kappa shape index (κ1) is 15.3. The summed E-state index contributed by atoms with van der Waals surface area (Å²) in [5.41, 5.74) is 7.11. The number of urea groups is 1. The van der Waals surface area contributed by atoms with Crippen LogP contribution in [0.25, 0.3) is 0 Å². The molecule has 1 aromatic carbocycles. The summed E-state index contributed by atoms with van der Waals surface area (Å²) in [5.74, 6) is 0.429. The molecule has 0 bridgehead atoms. The Hall–Kier alpha value is -1.07. The van der Waals surface area contributed by atoms with Crippen molar-refractivity contribution < 1.29 is 4.79 Å². The predicted octanol–water partition coefficient (Wildman–Crippen LogP) is 2.69. The summed E-state index contributed by atoms with van der Waals surface area (Å²) < 4.78 is 1.09. The van der Waals surface area contributed by atoms with Crippen LogP contribution in [-0.2, 0) is 0 Å². The summed E-state index contributed by atoms with van der Waals surface area (Å²) in [5, 5.41) is 2.91. The van der Waals surface area contributed by atoms with Crippen LogP contribution in [0.5, 0.6) is 0 Å². The monoisotopic (exact) mass is 339 g/mol. The summed E-state index contributed by atoms with van der Waals surface area (Å²) in [7, 11) is 0. The smallest absolute Gasteiger partial charge is 0.317 e. The quantitative estimate of drug-likeness (QED) is 0.885. The van der Waals surface area contributed by atoms with E-state index in [2.05, 4.69) is 33.4 Å². The van der Waals surface area contributed by atoms with Crippen LogP contribution in [0.15, 0.2) is 28.7 Å². The van der Waals surface area contributed by atoms with Crippen LogP contribution in [0.2, 0.25) is 0 Å². The van der Waals surface area contributed by atoms with Gasteiger partial charge in [-0.05, 0) is 30.5 Å². The third-order valence-corrected chi connectivity index (χ3v) is 4.33. The zero-order valence-corrected chi connectivity index (χ0v) is 13.4. The number of halogens is 1. The van der Waals surface area contributed by atoms with Gasteiger partial charge in [0, 0.05) is 36.1 Å². The van der Waals surface area contributed by atoms with Crippen molar-refractivity contribution in [3.63, 3.8) is 0 Å². The van der Waals surface area contributed by atoms with Crippen molar-refractivity contribution in [1.82, 2.24) is 10.2 Å². The lowest BCUT2D eigenvalue weighted by Gasteiger charge is -2.19. The summed E-state index contributed by atoms with van der Waals surface area (Å²) in [4.78, 5) is 13.9. The fourth-order valence-electron chi connectivity index (χ4n) is 2.45. The van der Waals surface area contributed by atoms with Crippen molar-refractivity contribution in [1.29, 1.82) is 0 Å². The number of benzene rings is 1. The van der Waals surface area contributed by atoms with Gasteiger partial charge in [0.2, 0.25) is 0 Å². The Morgan fingerprint density at radius 3 is 3.10 bits per heavy atom. The number of rotatable bonds is 4. The lowest BCUT2D eigenvalue weighted by Crippen LogP contribution is -2.43. The zero-order chi connectivity index (χ0) is 14.5. The molecule has 110 valence electrons. The van der Waals surface area contributed by atoms with E-state index in [1.807, 2.05) is 24.0 Å². The van der Waals surface area contributed by atoms with Crippen LogP contribution in [0, 0.1) is 0 Å². The first-order valence-electron chi connectivity index (χ1n) is 7.14. The predicted molar refractivity (Wildman–Crippen MR) is 84.7 cm³/mol. The van der Waals surface area contributed by atoms with E-state index in [0.29, 0.717) is 12.5 Å². The van der Waals surface area contributed by atoms with Gasteiger partial charge in [-0.1, -0.05) is 35.0 Å². The molecular weight excluding hydrogens is 318 g/mol. The number of nitrogens with zero attached hydrogens (tertiary/aromatic N) is 1. The second-order valence-electron chi connectivity index (χ2n) is 5.34. The van der Waals surface area contributed by atoms with E-state index in [9.17, 15) is 4.79 Å². The highest BCUT2D eigenvalue weighted by Gasteiger charge is 2.27. The standard InChI is InChI=1S/C15H22BrN3O/c1-2-14(17)9-18-15(20)19-7-6-12(10-19)11-4-3-5-13(16)8-11/h3-5,8,12,14H,2,6-7,9-10,17H2,1H3,(H,18,20). The van der Waals surface area contributed by atoms with E-state index in [-0.39, 0.29) is 12.1 Å². The van der Waals surface area contributed by atoms with Crippen LogP contribution in [0.3, 0.4) is 0 Å². The highest BCUT2D eigenvalue weighted by molar-refractivity contribution is 9.10. The number of carbonyl (C=O) groups excluding carboxylic acids is 1. The van der Waals surface area contributed by atoms with E-state index in [0.717, 1.165) is 30.4 Å². The molecule has 1 heterocycles. The van der Waals surface area contributed by atoms with E-state index in [1.54, 1.807) is 0 Å². The molecule has 0 aliphatic carbocycles. The minimum atomic E-state index is 0.00592. The topological polar surface area (TPSA) is 58.4 Å². The Labute approximate surface area is 128 Å². The van der Waals surface area contributed by atoms with Crippen LogP contribution in [-0.4, -0.2) is 36.6 Å². The van der Waals surface area contributed by atoms with Gasteiger partial charge in [0.1, 0.15) is 0 Å². The fourth-order valence-corrected chi connectivity index (χ4v) is 2.87. The van der Waals surface area contributed by atoms with Crippen molar-refractivity contribution in [2.24, 2.45) is 5.73 Å². The van der Waals surface area contributed by atoms with Gasteiger partial charge in [0.05, 0.1) is 0 Å². The lowest BCUT2D eigenvalue weighted by molar-refractivity contribution is 0.207. The summed E-state index contributed by atoms with van der Waals surface area (Å²) >= 11 is 3.50. The molecule has 0 aromatic heterocycles. The third-order valence-electron chi connectivity index (χ3n) is 3.84. The van der Waals surface area contributed by atoms with Crippen LogP contribution < -0.4 is 11.1 Å². The summed E-state index contributed by atoms with van der Waals surface area (Å²) in [6, 6.07) is 8.38. The highest BCUT2D eigenvalue weighted by Crippen LogP contribution is 2.28. The van der Waals surface area contributed by atoms with Gasteiger partial charge in [-0.25, -0.2) is 4.79 Å². The van der Waals surface area contributed by atoms with Gasteiger partial charge in [-0.2, -0.15) is 0 Å².